The van der Waals surface area contributed by atoms with Crippen molar-refractivity contribution in [3.63, 3.8) is 0 Å². The van der Waals surface area contributed by atoms with Crippen molar-refractivity contribution in [1.82, 2.24) is 4.98 Å². The van der Waals surface area contributed by atoms with Gasteiger partial charge in [0.15, 0.2) is 0 Å². The quantitative estimate of drug-likeness (QED) is 0.528. The molecule has 5 heteroatoms. The maximum Gasteiger partial charge on any atom is 0.349 e. The number of benzene rings is 2. The zero-order valence-electron chi connectivity index (χ0n) is 11.8. The van der Waals surface area contributed by atoms with E-state index in [2.05, 4.69) is 4.98 Å². The average molecular weight is 324 g/mol. The highest BCUT2D eigenvalue weighted by Crippen LogP contribution is 2.32. The van der Waals surface area contributed by atoms with Crippen molar-refractivity contribution in [2.75, 3.05) is 0 Å². The molecular formula is C18H10ClNO3. The Morgan fingerprint density at radius 3 is 2.70 bits per heavy atom. The van der Waals surface area contributed by atoms with Crippen LogP contribution in [0.3, 0.4) is 0 Å². The number of halogens is 1. The zero-order chi connectivity index (χ0) is 16.0. The van der Waals surface area contributed by atoms with E-state index in [1.165, 1.54) is 0 Å². The largest absolute Gasteiger partial charge is 0.506 e. The van der Waals surface area contributed by atoms with E-state index in [9.17, 15) is 9.90 Å². The molecule has 0 aliphatic heterocycles. The average Bonchev–Trinajstić information content (AvgIpc) is 2.54. The lowest BCUT2D eigenvalue weighted by atomic mass is 10.1. The van der Waals surface area contributed by atoms with E-state index >= 15 is 0 Å². The summed E-state index contributed by atoms with van der Waals surface area (Å²) in [5.41, 5.74) is 0.738. The monoisotopic (exact) mass is 323 g/mol. The summed E-state index contributed by atoms with van der Waals surface area (Å²) < 4.78 is 5.28. The number of pyridine rings is 1. The van der Waals surface area contributed by atoms with Crippen LogP contribution >= 0.6 is 11.6 Å². The first-order chi connectivity index (χ1) is 11.1. The number of aromatic hydroxyl groups is 1. The molecule has 2 aromatic carbocycles. The summed E-state index contributed by atoms with van der Waals surface area (Å²) in [6.45, 7) is 0. The van der Waals surface area contributed by atoms with Crippen LogP contribution in [0.15, 0.2) is 63.8 Å². The highest BCUT2D eigenvalue weighted by Gasteiger charge is 2.17. The summed E-state index contributed by atoms with van der Waals surface area (Å²) in [5, 5.41) is 12.4. The molecule has 112 valence electrons. The molecule has 1 N–H and O–H groups in total. The molecule has 0 bridgehead atoms. The molecule has 0 unspecified atom stereocenters. The number of para-hydroxylation sites is 1. The van der Waals surface area contributed by atoms with E-state index in [1.54, 1.807) is 42.5 Å². The maximum absolute atomic E-state index is 12.3. The molecule has 0 aliphatic carbocycles. The fraction of sp³-hybridized carbons (Fsp3) is 0. The second-order valence-electron chi connectivity index (χ2n) is 5.14. The fourth-order valence-corrected chi connectivity index (χ4v) is 2.76. The fourth-order valence-electron chi connectivity index (χ4n) is 2.59. The van der Waals surface area contributed by atoms with Gasteiger partial charge in [0.25, 0.3) is 0 Å². The van der Waals surface area contributed by atoms with Crippen LogP contribution in [0.25, 0.3) is 33.1 Å². The van der Waals surface area contributed by atoms with Crippen molar-refractivity contribution in [1.29, 1.82) is 0 Å². The first kappa shape index (κ1) is 13.8. The van der Waals surface area contributed by atoms with Crippen LogP contribution in [0, 0.1) is 0 Å². The third-order valence-electron chi connectivity index (χ3n) is 3.70. The Balaban J connectivity index is 2.04. The van der Waals surface area contributed by atoms with Gasteiger partial charge in [0.1, 0.15) is 16.9 Å². The molecule has 2 aromatic heterocycles. The Morgan fingerprint density at radius 2 is 1.83 bits per heavy atom. The Bertz CT molecular complexity index is 1120. The summed E-state index contributed by atoms with van der Waals surface area (Å²) >= 11 is 5.99. The van der Waals surface area contributed by atoms with Gasteiger partial charge < -0.3 is 9.52 Å². The van der Waals surface area contributed by atoms with Crippen LogP contribution in [0.1, 0.15) is 0 Å². The van der Waals surface area contributed by atoms with Gasteiger partial charge in [0, 0.05) is 10.4 Å². The molecule has 0 aliphatic rings. The first-order valence-electron chi connectivity index (χ1n) is 6.95. The topological polar surface area (TPSA) is 63.3 Å². The van der Waals surface area contributed by atoms with Crippen molar-refractivity contribution in [3.05, 3.63) is 70.0 Å². The van der Waals surface area contributed by atoms with Gasteiger partial charge in [-0.15, -0.1) is 0 Å². The second-order valence-corrected chi connectivity index (χ2v) is 5.58. The van der Waals surface area contributed by atoms with E-state index in [1.807, 2.05) is 12.1 Å². The highest BCUT2D eigenvalue weighted by molar-refractivity contribution is 6.31. The predicted octanol–water partition coefficient (Wildman–Crippen LogP) is 4.37. The third kappa shape index (κ3) is 2.24. The lowest BCUT2D eigenvalue weighted by Gasteiger charge is -2.07. The van der Waals surface area contributed by atoms with Gasteiger partial charge in [-0.1, -0.05) is 35.9 Å². The van der Waals surface area contributed by atoms with Crippen LogP contribution in [0.4, 0.5) is 0 Å². The minimum atomic E-state index is -0.630. The van der Waals surface area contributed by atoms with E-state index in [4.69, 9.17) is 16.0 Å². The lowest BCUT2D eigenvalue weighted by Crippen LogP contribution is -2.04. The van der Waals surface area contributed by atoms with Crippen molar-refractivity contribution >= 4 is 33.5 Å². The number of rotatable bonds is 1. The van der Waals surface area contributed by atoms with Gasteiger partial charge in [-0.2, -0.15) is 0 Å². The number of fused-ring (bicyclic) bond motifs is 2. The number of hydrogen-bond acceptors (Lipinski definition) is 4. The Labute approximate surface area is 135 Å². The van der Waals surface area contributed by atoms with E-state index in [0.29, 0.717) is 27.2 Å². The molecule has 0 fully saturated rings. The van der Waals surface area contributed by atoms with Crippen LogP contribution in [0.2, 0.25) is 5.02 Å². The molecule has 0 amide bonds. The Kier molecular flexibility index (Phi) is 3.06. The summed E-state index contributed by atoms with van der Waals surface area (Å²) in [5.74, 6) is -0.134. The normalized spacial score (nSPS) is 11.2. The third-order valence-corrected chi connectivity index (χ3v) is 3.93. The molecule has 0 saturated heterocycles. The van der Waals surface area contributed by atoms with Gasteiger partial charge in [0.05, 0.1) is 16.6 Å². The van der Waals surface area contributed by atoms with Crippen LogP contribution in [-0.2, 0) is 0 Å². The summed E-state index contributed by atoms with van der Waals surface area (Å²) in [7, 11) is 0. The Morgan fingerprint density at radius 1 is 1.04 bits per heavy atom. The smallest absolute Gasteiger partial charge is 0.349 e. The van der Waals surface area contributed by atoms with Crippen molar-refractivity contribution in [2.24, 2.45) is 0 Å². The van der Waals surface area contributed by atoms with Crippen LogP contribution in [-0.4, -0.2) is 10.1 Å². The molecule has 0 spiro atoms. The molecule has 23 heavy (non-hydrogen) atoms. The highest BCUT2D eigenvalue weighted by atomic mass is 35.5. The first-order valence-corrected chi connectivity index (χ1v) is 7.33. The molecule has 2 heterocycles. The summed E-state index contributed by atoms with van der Waals surface area (Å²) in [6.07, 6.45) is 0. The van der Waals surface area contributed by atoms with E-state index in [0.717, 1.165) is 5.39 Å². The van der Waals surface area contributed by atoms with Gasteiger partial charge >= 0.3 is 5.63 Å². The molecule has 0 radical (unpaired) electrons. The summed E-state index contributed by atoms with van der Waals surface area (Å²) in [6, 6.07) is 15.6. The van der Waals surface area contributed by atoms with Crippen LogP contribution < -0.4 is 5.63 Å². The minimum Gasteiger partial charge on any atom is -0.506 e. The predicted molar refractivity (Wildman–Crippen MR) is 89.9 cm³/mol. The van der Waals surface area contributed by atoms with Crippen molar-refractivity contribution < 1.29 is 9.52 Å². The van der Waals surface area contributed by atoms with E-state index in [-0.39, 0.29) is 11.3 Å². The van der Waals surface area contributed by atoms with Gasteiger partial charge in [-0.05, 0) is 30.3 Å². The number of aromatic nitrogens is 1. The summed E-state index contributed by atoms with van der Waals surface area (Å²) in [4.78, 5) is 16.7. The Hall–Kier alpha value is -2.85. The molecule has 4 aromatic rings. The standard InChI is InChI=1S/C18H10ClNO3/c19-11-7-5-10-6-8-13(20-14(10)9-11)16-17(21)12-3-1-2-4-15(12)23-18(16)22/h1-9,21H. The minimum absolute atomic E-state index is 0.0468. The SMILES string of the molecule is O=c1oc2ccccc2c(O)c1-c1ccc2ccc(Cl)cc2n1. The lowest BCUT2D eigenvalue weighted by molar-refractivity contribution is 0.471. The van der Waals surface area contributed by atoms with Crippen LogP contribution in [0.5, 0.6) is 5.75 Å². The zero-order valence-corrected chi connectivity index (χ0v) is 12.5. The van der Waals surface area contributed by atoms with Crippen molar-refractivity contribution in [2.45, 2.75) is 0 Å². The second kappa shape index (κ2) is 5.11. The molecule has 0 atom stereocenters. The molecule has 4 rings (SSSR count). The molecule has 0 saturated carbocycles. The van der Waals surface area contributed by atoms with Crippen molar-refractivity contribution in [3.8, 4) is 17.0 Å². The van der Waals surface area contributed by atoms with Gasteiger partial charge in [-0.3, -0.25) is 0 Å². The van der Waals surface area contributed by atoms with Gasteiger partial charge in [-0.25, -0.2) is 9.78 Å². The van der Waals surface area contributed by atoms with Gasteiger partial charge in [0.2, 0.25) is 0 Å². The van der Waals surface area contributed by atoms with E-state index < -0.39 is 5.63 Å². The maximum atomic E-state index is 12.3. The molecule has 4 nitrogen and oxygen atoms in total. The number of hydrogen-bond donors (Lipinski definition) is 1. The molecular weight excluding hydrogens is 314 g/mol. The number of nitrogens with zero attached hydrogens (tertiary/aromatic N) is 1.